The maximum Gasteiger partial charge on any atom is 0.180 e. The number of nitrogens with two attached hydrogens (primary N) is 1. The van der Waals surface area contributed by atoms with E-state index in [1.807, 2.05) is 6.20 Å². The minimum Gasteiger partial charge on any atom is -0.379 e. The first-order valence-corrected chi connectivity index (χ1v) is 8.34. The molecule has 0 saturated carbocycles. The van der Waals surface area contributed by atoms with Gasteiger partial charge >= 0.3 is 0 Å². The Bertz CT molecular complexity index is 425. The van der Waals surface area contributed by atoms with Crippen LogP contribution in [0.4, 0.5) is 5.13 Å². The first kappa shape index (κ1) is 17.0. The Labute approximate surface area is 136 Å². The van der Waals surface area contributed by atoms with Gasteiger partial charge in [-0.25, -0.2) is 4.98 Å². The molecule has 0 spiro atoms. The van der Waals surface area contributed by atoms with Crippen LogP contribution in [0.2, 0.25) is 0 Å². The number of aromatic nitrogens is 1. The zero-order valence-electron chi connectivity index (χ0n) is 12.4. The van der Waals surface area contributed by atoms with Gasteiger partial charge in [-0.2, -0.15) is 0 Å². The highest BCUT2D eigenvalue weighted by Gasteiger charge is 2.23. The summed E-state index contributed by atoms with van der Waals surface area (Å²) < 4.78 is 5.42. The highest BCUT2D eigenvalue weighted by atomic mass is 35.5. The molecule has 0 aliphatic carbocycles. The second-order valence-corrected chi connectivity index (χ2v) is 6.97. The lowest BCUT2D eigenvalue weighted by Gasteiger charge is -2.36. The molecule has 2 aliphatic rings. The second-order valence-electron chi connectivity index (χ2n) is 5.82. The zero-order chi connectivity index (χ0) is 13.8. The number of morpholine rings is 1. The molecule has 120 valence electrons. The standard InChI is InChI=1S/C14H24N4OS.ClH/c15-14-16-8-13(20-14)11-18-3-1-2-12(10-18)9-17-4-6-19-7-5-17;/h8,12H,1-7,9-11H2,(H2,15,16);1H/t12-;/m1./s1. The summed E-state index contributed by atoms with van der Waals surface area (Å²) in [5, 5.41) is 0.682. The van der Waals surface area contributed by atoms with Crippen LogP contribution in [0.1, 0.15) is 17.7 Å². The fourth-order valence-electron chi connectivity index (χ4n) is 3.21. The van der Waals surface area contributed by atoms with Crippen molar-refractivity contribution in [2.24, 2.45) is 5.92 Å². The number of nitrogens with zero attached hydrogens (tertiary/aromatic N) is 3. The van der Waals surface area contributed by atoms with Crippen LogP contribution in [0.3, 0.4) is 0 Å². The van der Waals surface area contributed by atoms with Crippen LogP contribution in [-0.4, -0.2) is 60.7 Å². The number of piperidine rings is 1. The quantitative estimate of drug-likeness (QED) is 0.909. The van der Waals surface area contributed by atoms with Crippen LogP contribution in [-0.2, 0) is 11.3 Å². The van der Waals surface area contributed by atoms with Crippen molar-refractivity contribution in [2.45, 2.75) is 19.4 Å². The predicted molar refractivity (Wildman–Crippen MR) is 89.0 cm³/mol. The zero-order valence-corrected chi connectivity index (χ0v) is 14.0. The number of ether oxygens (including phenoxy) is 1. The maximum absolute atomic E-state index is 5.71. The lowest BCUT2D eigenvalue weighted by Crippen LogP contribution is -2.44. The van der Waals surface area contributed by atoms with Crippen molar-refractivity contribution in [3.05, 3.63) is 11.1 Å². The molecule has 2 aliphatic heterocycles. The summed E-state index contributed by atoms with van der Waals surface area (Å²) in [6, 6.07) is 0. The summed E-state index contributed by atoms with van der Waals surface area (Å²) >= 11 is 1.62. The van der Waals surface area contributed by atoms with Crippen molar-refractivity contribution in [3.8, 4) is 0 Å². The van der Waals surface area contributed by atoms with Gasteiger partial charge in [-0.1, -0.05) is 0 Å². The highest BCUT2D eigenvalue weighted by Crippen LogP contribution is 2.22. The van der Waals surface area contributed by atoms with E-state index >= 15 is 0 Å². The van der Waals surface area contributed by atoms with Crippen LogP contribution in [0, 0.1) is 5.92 Å². The number of rotatable bonds is 4. The van der Waals surface area contributed by atoms with E-state index < -0.39 is 0 Å². The first-order valence-electron chi connectivity index (χ1n) is 7.52. The van der Waals surface area contributed by atoms with E-state index in [0.29, 0.717) is 5.13 Å². The van der Waals surface area contributed by atoms with E-state index in [1.54, 1.807) is 11.3 Å². The third-order valence-electron chi connectivity index (χ3n) is 4.17. The van der Waals surface area contributed by atoms with Crippen LogP contribution in [0.15, 0.2) is 6.20 Å². The van der Waals surface area contributed by atoms with Crippen LogP contribution in [0.25, 0.3) is 0 Å². The fourth-order valence-corrected chi connectivity index (χ4v) is 3.94. The molecule has 0 amide bonds. The van der Waals surface area contributed by atoms with E-state index in [-0.39, 0.29) is 12.4 Å². The Kier molecular flexibility index (Phi) is 6.70. The lowest BCUT2D eigenvalue weighted by atomic mass is 9.97. The Morgan fingerprint density at radius 1 is 1.29 bits per heavy atom. The van der Waals surface area contributed by atoms with E-state index in [9.17, 15) is 0 Å². The Morgan fingerprint density at radius 3 is 2.81 bits per heavy atom. The summed E-state index contributed by atoms with van der Waals surface area (Å²) in [4.78, 5) is 10.5. The van der Waals surface area contributed by atoms with Gasteiger partial charge in [-0.15, -0.1) is 23.7 Å². The monoisotopic (exact) mass is 332 g/mol. The van der Waals surface area contributed by atoms with Crippen LogP contribution in [0.5, 0.6) is 0 Å². The number of hydrogen-bond donors (Lipinski definition) is 1. The number of thiazole rings is 1. The van der Waals surface area contributed by atoms with Gasteiger partial charge in [0.2, 0.25) is 0 Å². The molecule has 2 N–H and O–H groups in total. The SMILES string of the molecule is Cl.Nc1ncc(CN2CCC[C@H](CN3CCOCC3)C2)s1. The topological polar surface area (TPSA) is 54.6 Å². The number of hydrogen-bond acceptors (Lipinski definition) is 6. The number of anilines is 1. The summed E-state index contributed by atoms with van der Waals surface area (Å²) in [6.07, 6.45) is 4.59. The van der Waals surface area contributed by atoms with E-state index in [0.717, 1.165) is 38.8 Å². The van der Waals surface area contributed by atoms with E-state index in [2.05, 4.69) is 14.8 Å². The average Bonchev–Trinajstić information content (AvgIpc) is 2.86. The average molecular weight is 333 g/mol. The number of likely N-dealkylation sites (tertiary alicyclic amines) is 1. The van der Waals surface area contributed by atoms with Gasteiger partial charge in [0.25, 0.3) is 0 Å². The molecule has 0 radical (unpaired) electrons. The van der Waals surface area contributed by atoms with Gasteiger partial charge in [0, 0.05) is 43.8 Å². The fraction of sp³-hybridized carbons (Fsp3) is 0.786. The molecule has 2 saturated heterocycles. The lowest BCUT2D eigenvalue weighted by molar-refractivity contribution is 0.0225. The normalized spacial score (nSPS) is 24.7. The molecule has 0 bridgehead atoms. The van der Waals surface area contributed by atoms with Gasteiger partial charge in [0.05, 0.1) is 13.2 Å². The van der Waals surface area contributed by atoms with Crippen molar-refractivity contribution in [1.29, 1.82) is 0 Å². The van der Waals surface area contributed by atoms with Crippen molar-refractivity contribution in [1.82, 2.24) is 14.8 Å². The summed E-state index contributed by atoms with van der Waals surface area (Å²) in [5.41, 5.74) is 5.71. The minimum atomic E-state index is 0. The molecule has 7 heteroatoms. The molecule has 0 aromatic carbocycles. The van der Waals surface area contributed by atoms with Crippen LogP contribution >= 0.6 is 23.7 Å². The molecule has 3 heterocycles. The molecular weight excluding hydrogens is 308 g/mol. The summed E-state index contributed by atoms with van der Waals surface area (Å²) in [7, 11) is 0. The van der Waals surface area contributed by atoms with Crippen molar-refractivity contribution in [3.63, 3.8) is 0 Å². The minimum absolute atomic E-state index is 0. The smallest absolute Gasteiger partial charge is 0.180 e. The van der Waals surface area contributed by atoms with Gasteiger partial charge in [0.15, 0.2) is 5.13 Å². The third kappa shape index (κ3) is 5.07. The van der Waals surface area contributed by atoms with Crippen molar-refractivity contribution >= 4 is 28.9 Å². The van der Waals surface area contributed by atoms with Gasteiger partial charge < -0.3 is 10.5 Å². The van der Waals surface area contributed by atoms with Gasteiger partial charge in [0.1, 0.15) is 0 Å². The van der Waals surface area contributed by atoms with Crippen molar-refractivity contribution < 1.29 is 4.74 Å². The predicted octanol–water partition coefficient (Wildman–Crippen LogP) is 1.69. The second kappa shape index (κ2) is 8.29. The van der Waals surface area contributed by atoms with Crippen molar-refractivity contribution in [2.75, 3.05) is 51.7 Å². The van der Waals surface area contributed by atoms with E-state index in [1.165, 1.54) is 37.4 Å². The molecule has 5 nitrogen and oxygen atoms in total. The Hall–Kier alpha value is -0.400. The molecule has 1 atom stereocenters. The Morgan fingerprint density at radius 2 is 2.10 bits per heavy atom. The molecule has 2 fully saturated rings. The summed E-state index contributed by atoms with van der Waals surface area (Å²) in [6.45, 7) is 8.64. The van der Waals surface area contributed by atoms with Crippen LogP contribution < -0.4 is 5.73 Å². The third-order valence-corrected chi connectivity index (χ3v) is 4.99. The molecule has 1 aromatic rings. The van der Waals surface area contributed by atoms with Gasteiger partial charge in [-0.05, 0) is 25.3 Å². The van der Waals surface area contributed by atoms with Gasteiger partial charge in [-0.3, -0.25) is 9.80 Å². The highest BCUT2D eigenvalue weighted by molar-refractivity contribution is 7.15. The summed E-state index contributed by atoms with van der Waals surface area (Å²) in [5.74, 6) is 0.798. The maximum atomic E-state index is 5.71. The molecular formula is C14H25ClN4OS. The van der Waals surface area contributed by atoms with E-state index in [4.69, 9.17) is 10.5 Å². The molecule has 0 unspecified atom stereocenters. The largest absolute Gasteiger partial charge is 0.379 e. The molecule has 3 rings (SSSR count). The first-order chi connectivity index (χ1) is 9.79. The molecule has 21 heavy (non-hydrogen) atoms. The molecule has 1 aromatic heterocycles. The number of nitrogen functional groups attached to an aromatic ring is 1. The Balaban J connectivity index is 0.00000161. The number of halogens is 1.